The van der Waals surface area contributed by atoms with Crippen LogP contribution in [0.2, 0.25) is 0 Å². The van der Waals surface area contributed by atoms with Crippen molar-refractivity contribution in [1.82, 2.24) is 9.47 Å². The monoisotopic (exact) mass is 574 g/mol. The molecule has 0 aliphatic carbocycles. The van der Waals surface area contributed by atoms with Crippen molar-refractivity contribution in [2.45, 2.75) is 13.1 Å². The highest BCUT2D eigenvalue weighted by atomic mass is 32.2. The number of para-hydroxylation sites is 2. The van der Waals surface area contributed by atoms with Gasteiger partial charge in [-0.25, -0.2) is 4.99 Å². The summed E-state index contributed by atoms with van der Waals surface area (Å²) < 4.78 is 7.34. The van der Waals surface area contributed by atoms with Gasteiger partial charge in [-0.15, -0.1) is 0 Å². The van der Waals surface area contributed by atoms with Gasteiger partial charge in [0.2, 0.25) is 0 Å². The minimum atomic E-state index is -0.387. The van der Waals surface area contributed by atoms with Gasteiger partial charge in [0, 0.05) is 41.3 Å². The van der Waals surface area contributed by atoms with E-state index in [1.165, 1.54) is 17.8 Å². The maximum Gasteiger partial charge on any atom is 0.269 e. The topological polar surface area (TPSA) is 90.0 Å². The molecule has 1 aliphatic heterocycles. The van der Waals surface area contributed by atoms with Crippen LogP contribution < -0.4 is 4.74 Å². The highest BCUT2D eigenvalue weighted by Gasteiger charge is 2.34. The number of non-ortho nitro benzene ring substituents is 1. The van der Waals surface area contributed by atoms with E-state index in [0.29, 0.717) is 23.2 Å². The molecule has 1 aliphatic rings. The number of carbonyl (C=O) groups is 1. The van der Waals surface area contributed by atoms with Gasteiger partial charge in [-0.05, 0) is 59.3 Å². The number of amidine groups is 1. The molecule has 5 aromatic rings. The number of thioether (sulfide) groups is 1. The summed E-state index contributed by atoms with van der Waals surface area (Å²) in [5, 5.41) is 12.9. The Labute approximate surface area is 246 Å². The Morgan fingerprint density at radius 3 is 2.43 bits per heavy atom. The molecule has 1 amide bonds. The van der Waals surface area contributed by atoms with Gasteiger partial charge in [0.05, 0.1) is 29.2 Å². The number of fused-ring (bicyclic) bond motifs is 1. The number of hydrogen-bond acceptors (Lipinski definition) is 6. The number of amides is 1. The number of carbonyl (C=O) groups excluding carboxylic acids is 1. The van der Waals surface area contributed by atoms with Crippen LogP contribution in [0.25, 0.3) is 17.0 Å². The summed E-state index contributed by atoms with van der Waals surface area (Å²) in [6, 6.07) is 31.8. The summed E-state index contributed by atoms with van der Waals surface area (Å²) in [4.78, 5) is 31.8. The van der Waals surface area contributed by atoms with E-state index in [-0.39, 0.29) is 16.5 Å². The van der Waals surface area contributed by atoms with Gasteiger partial charge in [-0.2, -0.15) is 0 Å². The van der Waals surface area contributed by atoms with Crippen LogP contribution in [0.3, 0.4) is 0 Å². The quantitative estimate of drug-likeness (QED) is 0.109. The van der Waals surface area contributed by atoms with E-state index >= 15 is 0 Å². The molecule has 0 N–H and O–H groups in total. The van der Waals surface area contributed by atoms with Crippen LogP contribution in [0, 0.1) is 10.1 Å². The fourth-order valence-corrected chi connectivity index (χ4v) is 5.87. The standard InChI is InChI=1S/C33H26N4O4S/c1-41-28-16-14-23(15-17-28)21-36-32(38)31(42-33(36)34-26-9-3-2-4-10-26)19-25-22-35(30-13-6-5-12-29(25)30)20-24-8-7-11-27(18-24)37(39)40/h2-19,22H,20-21H2,1H3/b31-19-,34-33?. The fraction of sp³-hybridized carbons (Fsp3) is 0.0909. The second-order valence-electron chi connectivity index (χ2n) is 9.74. The number of nitrogens with zero attached hydrogens (tertiary/aromatic N) is 4. The molecule has 0 spiro atoms. The molecule has 0 radical (unpaired) electrons. The number of benzene rings is 4. The number of methoxy groups -OCH3 is 1. The molecule has 0 atom stereocenters. The van der Waals surface area contributed by atoms with Gasteiger partial charge in [-0.1, -0.05) is 60.7 Å². The normalized spacial score (nSPS) is 15.2. The first-order valence-electron chi connectivity index (χ1n) is 13.3. The molecular weight excluding hydrogens is 548 g/mol. The zero-order chi connectivity index (χ0) is 29.1. The molecule has 1 aromatic heterocycles. The van der Waals surface area contributed by atoms with E-state index in [2.05, 4.69) is 4.57 Å². The second kappa shape index (κ2) is 11.8. The van der Waals surface area contributed by atoms with Crippen LogP contribution in [0.15, 0.2) is 119 Å². The minimum Gasteiger partial charge on any atom is -0.497 e. The van der Waals surface area contributed by atoms with E-state index in [9.17, 15) is 14.9 Å². The molecule has 6 rings (SSSR count). The molecule has 2 heterocycles. The lowest BCUT2D eigenvalue weighted by molar-refractivity contribution is -0.384. The Morgan fingerprint density at radius 2 is 1.67 bits per heavy atom. The predicted molar refractivity (Wildman–Crippen MR) is 167 cm³/mol. The van der Waals surface area contributed by atoms with Crippen LogP contribution in [0.1, 0.15) is 16.7 Å². The lowest BCUT2D eigenvalue weighted by Crippen LogP contribution is -2.28. The van der Waals surface area contributed by atoms with Crippen LogP contribution in [-0.2, 0) is 17.9 Å². The average molecular weight is 575 g/mol. The molecule has 42 heavy (non-hydrogen) atoms. The number of nitro benzene ring substituents is 1. The van der Waals surface area contributed by atoms with Gasteiger partial charge in [0.15, 0.2) is 5.17 Å². The van der Waals surface area contributed by atoms with Gasteiger partial charge < -0.3 is 9.30 Å². The molecule has 0 bridgehead atoms. The van der Waals surface area contributed by atoms with Crippen molar-refractivity contribution in [3.05, 3.63) is 141 Å². The van der Waals surface area contributed by atoms with Crippen molar-refractivity contribution < 1.29 is 14.5 Å². The third-order valence-corrected chi connectivity index (χ3v) is 7.96. The van der Waals surface area contributed by atoms with Crippen LogP contribution in [0.5, 0.6) is 5.75 Å². The maximum absolute atomic E-state index is 13.8. The van der Waals surface area contributed by atoms with Crippen molar-refractivity contribution in [3.63, 3.8) is 0 Å². The fourth-order valence-electron chi connectivity index (χ4n) is 4.88. The van der Waals surface area contributed by atoms with Gasteiger partial charge in [-0.3, -0.25) is 19.8 Å². The Kier molecular flexibility index (Phi) is 7.57. The predicted octanol–water partition coefficient (Wildman–Crippen LogP) is 7.41. The van der Waals surface area contributed by atoms with Gasteiger partial charge in [0.1, 0.15) is 5.75 Å². The second-order valence-corrected chi connectivity index (χ2v) is 10.7. The zero-order valence-electron chi connectivity index (χ0n) is 22.7. The molecule has 0 unspecified atom stereocenters. The van der Waals surface area contributed by atoms with E-state index in [0.717, 1.165) is 39.0 Å². The maximum atomic E-state index is 13.8. The molecule has 8 nitrogen and oxygen atoms in total. The Bertz CT molecular complexity index is 1850. The third kappa shape index (κ3) is 5.68. The Morgan fingerprint density at radius 1 is 0.905 bits per heavy atom. The highest BCUT2D eigenvalue weighted by molar-refractivity contribution is 8.18. The van der Waals surface area contributed by atoms with Gasteiger partial charge >= 0.3 is 0 Å². The Hall–Kier alpha value is -5.15. The van der Waals surface area contributed by atoms with E-state index in [1.807, 2.05) is 97.2 Å². The molecular formula is C33H26N4O4S. The summed E-state index contributed by atoms with van der Waals surface area (Å²) >= 11 is 1.35. The largest absolute Gasteiger partial charge is 0.497 e. The average Bonchev–Trinajstić information content (AvgIpc) is 3.50. The number of nitro groups is 1. The Balaban J connectivity index is 1.36. The molecule has 9 heteroatoms. The lowest BCUT2D eigenvalue weighted by atomic mass is 10.1. The molecule has 1 saturated heterocycles. The minimum absolute atomic E-state index is 0.0569. The van der Waals surface area contributed by atoms with E-state index < -0.39 is 0 Å². The van der Waals surface area contributed by atoms with Crippen molar-refractivity contribution in [2.75, 3.05) is 7.11 Å². The van der Waals surface area contributed by atoms with Crippen molar-refractivity contribution >= 4 is 51.2 Å². The number of aromatic nitrogens is 1. The summed E-state index contributed by atoms with van der Waals surface area (Å²) in [6.07, 6.45) is 3.90. The van der Waals surface area contributed by atoms with Gasteiger partial charge in [0.25, 0.3) is 11.6 Å². The molecule has 1 fully saturated rings. The van der Waals surface area contributed by atoms with E-state index in [4.69, 9.17) is 9.73 Å². The first-order valence-corrected chi connectivity index (χ1v) is 14.1. The third-order valence-electron chi connectivity index (χ3n) is 6.95. The number of aliphatic imine (C=N–C) groups is 1. The van der Waals surface area contributed by atoms with Crippen LogP contribution >= 0.6 is 11.8 Å². The summed E-state index contributed by atoms with van der Waals surface area (Å²) in [5.74, 6) is 0.627. The summed E-state index contributed by atoms with van der Waals surface area (Å²) in [5.41, 5.74) is 4.46. The van der Waals surface area contributed by atoms with Crippen LogP contribution in [0.4, 0.5) is 11.4 Å². The number of ether oxygens (including phenoxy) is 1. The molecule has 208 valence electrons. The highest BCUT2D eigenvalue weighted by Crippen LogP contribution is 2.37. The first kappa shape index (κ1) is 27.0. The smallest absolute Gasteiger partial charge is 0.269 e. The van der Waals surface area contributed by atoms with Crippen LogP contribution in [-0.4, -0.2) is 32.6 Å². The van der Waals surface area contributed by atoms with Crippen molar-refractivity contribution in [3.8, 4) is 5.75 Å². The van der Waals surface area contributed by atoms with E-state index in [1.54, 1.807) is 24.1 Å². The summed E-state index contributed by atoms with van der Waals surface area (Å²) in [7, 11) is 1.62. The molecule has 0 saturated carbocycles. The number of hydrogen-bond donors (Lipinski definition) is 0. The summed E-state index contributed by atoms with van der Waals surface area (Å²) in [6.45, 7) is 0.824. The lowest BCUT2D eigenvalue weighted by Gasteiger charge is -2.16. The molecule has 4 aromatic carbocycles. The SMILES string of the molecule is COc1ccc(CN2C(=O)/C(=C/c3cn(Cc4cccc([N+](=O)[O-])c4)c4ccccc34)SC2=Nc2ccccc2)cc1. The first-order chi connectivity index (χ1) is 20.5. The van der Waals surface area contributed by atoms with Crippen molar-refractivity contribution in [2.24, 2.45) is 4.99 Å². The van der Waals surface area contributed by atoms with Crippen molar-refractivity contribution in [1.29, 1.82) is 0 Å². The number of rotatable bonds is 8. The zero-order valence-corrected chi connectivity index (χ0v) is 23.5.